The van der Waals surface area contributed by atoms with Crippen LogP contribution in [0.25, 0.3) is 6.08 Å². The molecular weight excluding hydrogens is 333 g/mol. The summed E-state index contributed by atoms with van der Waals surface area (Å²) in [5.74, 6) is 1.76. The van der Waals surface area contributed by atoms with Crippen LogP contribution in [0.15, 0.2) is 61.1 Å². The highest BCUT2D eigenvalue weighted by Crippen LogP contribution is 2.24. The number of imidazole rings is 1. The van der Waals surface area contributed by atoms with E-state index in [-0.39, 0.29) is 5.82 Å². The van der Waals surface area contributed by atoms with Gasteiger partial charge in [0.2, 0.25) is 0 Å². The van der Waals surface area contributed by atoms with Crippen molar-refractivity contribution in [1.82, 2.24) is 14.9 Å². The average Bonchev–Trinajstić information content (AvgIpc) is 3.13. The molecule has 0 atom stereocenters. The Bertz CT molecular complexity index is 888. The second-order valence-electron chi connectivity index (χ2n) is 5.92. The fraction of sp³-hybridized carbons (Fsp3) is 0.150. The molecular formula is C20H18FN3O2. The van der Waals surface area contributed by atoms with Crippen LogP contribution in [0.3, 0.4) is 0 Å². The highest BCUT2D eigenvalue weighted by atomic mass is 19.1. The van der Waals surface area contributed by atoms with Gasteiger partial charge in [-0.15, -0.1) is 0 Å². The van der Waals surface area contributed by atoms with E-state index in [1.807, 2.05) is 36.5 Å². The van der Waals surface area contributed by atoms with E-state index in [0.29, 0.717) is 18.1 Å². The summed E-state index contributed by atoms with van der Waals surface area (Å²) in [6, 6.07) is 13.3. The molecule has 0 saturated carbocycles. The van der Waals surface area contributed by atoms with Crippen LogP contribution in [0, 0.1) is 5.82 Å². The lowest BCUT2D eigenvalue weighted by molar-refractivity contribution is 0.248. The van der Waals surface area contributed by atoms with Crippen LogP contribution in [0.5, 0.6) is 17.2 Å². The first-order valence-corrected chi connectivity index (χ1v) is 8.37. The number of nitrogens with zero attached hydrogens (tertiary/aromatic N) is 2. The fourth-order valence-corrected chi connectivity index (χ4v) is 2.70. The SMILES string of the molecule is Fc1ccc(Oc2ccc(OCCN3C=Cc4[nH]cnc4C3)cc2)cc1. The highest BCUT2D eigenvalue weighted by Gasteiger charge is 2.12. The maximum atomic E-state index is 12.9. The second kappa shape index (κ2) is 7.31. The fourth-order valence-electron chi connectivity index (χ4n) is 2.70. The maximum absolute atomic E-state index is 12.9. The van der Waals surface area contributed by atoms with E-state index < -0.39 is 0 Å². The lowest BCUT2D eigenvalue weighted by Crippen LogP contribution is -2.25. The Hall–Kier alpha value is -3.28. The molecule has 0 bridgehead atoms. The molecule has 0 radical (unpaired) electrons. The third-order valence-electron chi connectivity index (χ3n) is 4.08. The number of hydrogen-bond acceptors (Lipinski definition) is 4. The van der Waals surface area contributed by atoms with Crippen molar-refractivity contribution in [2.45, 2.75) is 6.54 Å². The van der Waals surface area contributed by atoms with E-state index in [1.165, 1.54) is 12.1 Å². The summed E-state index contributed by atoms with van der Waals surface area (Å²) >= 11 is 0. The predicted molar refractivity (Wildman–Crippen MR) is 96.4 cm³/mol. The first-order chi connectivity index (χ1) is 12.8. The molecule has 0 amide bonds. The molecule has 0 saturated heterocycles. The quantitative estimate of drug-likeness (QED) is 0.723. The smallest absolute Gasteiger partial charge is 0.127 e. The van der Waals surface area contributed by atoms with Crippen LogP contribution >= 0.6 is 0 Å². The van der Waals surface area contributed by atoms with Crippen LogP contribution in [0.2, 0.25) is 0 Å². The molecule has 0 spiro atoms. The van der Waals surface area contributed by atoms with E-state index in [0.717, 1.165) is 30.2 Å². The number of benzene rings is 2. The Kier molecular flexibility index (Phi) is 4.55. The summed E-state index contributed by atoms with van der Waals surface area (Å²) in [6.07, 6.45) is 5.78. The van der Waals surface area contributed by atoms with Gasteiger partial charge in [-0.3, -0.25) is 0 Å². The Labute approximate surface area is 150 Å². The Morgan fingerprint density at radius 3 is 2.46 bits per heavy atom. The number of rotatable bonds is 6. The molecule has 6 heteroatoms. The zero-order chi connectivity index (χ0) is 17.8. The van der Waals surface area contributed by atoms with Gasteiger partial charge < -0.3 is 19.4 Å². The van der Waals surface area contributed by atoms with Gasteiger partial charge in [0.25, 0.3) is 0 Å². The number of nitrogens with one attached hydrogen (secondary N) is 1. The van der Waals surface area contributed by atoms with Crippen LogP contribution in [0.1, 0.15) is 11.4 Å². The minimum absolute atomic E-state index is 0.284. The van der Waals surface area contributed by atoms with Crippen molar-refractivity contribution in [2.75, 3.05) is 13.2 Å². The molecule has 132 valence electrons. The van der Waals surface area contributed by atoms with Crippen molar-refractivity contribution in [2.24, 2.45) is 0 Å². The number of aromatic nitrogens is 2. The van der Waals surface area contributed by atoms with Gasteiger partial charge in [0, 0.05) is 6.20 Å². The van der Waals surface area contributed by atoms with Gasteiger partial charge in [-0.05, 0) is 54.6 Å². The number of fused-ring (bicyclic) bond motifs is 1. The lowest BCUT2D eigenvalue weighted by Gasteiger charge is -2.22. The zero-order valence-corrected chi connectivity index (χ0v) is 14.1. The van der Waals surface area contributed by atoms with E-state index in [9.17, 15) is 4.39 Å². The standard InChI is InChI=1S/C20H18FN3O2/c21-15-1-3-17(4-2-15)26-18-7-5-16(6-8-18)25-12-11-24-10-9-19-20(13-24)23-14-22-19/h1-10,14H,11-13H2,(H,22,23). The number of aromatic amines is 1. The number of ether oxygens (including phenoxy) is 2. The van der Waals surface area contributed by atoms with E-state index in [1.54, 1.807) is 18.5 Å². The average molecular weight is 351 g/mol. The highest BCUT2D eigenvalue weighted by molar-refractivity contribution is 5.49. The molecule has 3 aromatic rings. The summed E-state index contributed by atoms with van der Waals surface area (Å²) in [7, 11) is 0. The van der Waals surface area contributed by atoms with Gasteiger partial charge in [-0.2, -0.15) is 0 Å². The van der Waals surface area contributed by atoms with Gasteiger partial charge >= 0.3 is 0 Å². The molecule has 4 rings (SSSR count). The van der Waals surface area contributed by atoms with Gasteiger partial charge in [0.05, 0.1) is 30.8 Å². The number of halogens is 1. The van der Waals surface area contributed by atoms with E-state index in [2.05, 4.69) is 14.9 Å². The Morgan fingerprint density at radius 2 is 1.69 bits per heavy atom. The van der Waals surface area contributed by atoms with Crippen molar-refractivity contribution >= 4 is 6.08 Å². The van der Waals surface area contributed by atoms with Gasteiger partial charge in [-0.1, -0.05) is 0 Å². The Morgan fingerprint density at radius 1 is 1.00 bits per heavy atom. The van der Waals surface area contributed by atoms with Crippen LogP contribution < -0.4 is 9.47 Å². The first-order valence-electron chi connectivity index (χ1n) is 8.37. The molecule has 1 aliphatic heterocycles. The third kappa shape index (κ3) is 3.85. The number of H-pyrrole nitrogens is 1. The molecule has 1 N–H and O–H groups in total. The van der Waals surface area contributed by atoms with Gasteiger partial charge in [0.15, 0.2) is 0 Å². The summed E-state index contributed by atoms with van der Waals surface area (Å²) in [5.41, 5.74) is 2.12. The Balaban J connectivity index is 1.26. The molecule has 0 unspecified atom stereocenters. The number of hydrogen-bond donors (Lipinski definition) is 1. The lowest BCUT2D eigenvalue weighted by atomic mass is 10.2. The van der Waals surface area contributed by atoms with Crippen molar-refractivity contribution in [3.63, 3.8) is 0 Å². The summed E-state index contributed by atoms with van der Waals surface area (Å²) < 4.78 is 24.4. The van der Waals surface area contributed by atoms with Gasteiger partial charge in [-0.25, -0.2) is 9.37 Å². The largest absolute Gasteiger partial charge is 0.492 e. The normalized spacial score (nSPS) is 12.7. The predicted octanol–water partition coefficient (Wildman–Crippen LogP) is 4.21. The molecule has 2 aromatic carbocycles. The zero-order valence-electron chi connectivity index (χ0n) is 14.1. The summed E-state index contributed by atoms with van der Waals surface area (Å²) in [6.45, 7) is 2.13. The molecule has 26 heavy (non-hydrogen) atoms. The van der Waals surface area contributed by atoms with Crippen LogP contribution in [0.4, 0.5) is 4.39 Å². The van der Waals surface area contributed by atoms with Crippen LogP contribution in [-0.2, 0) is 6.54 Å². The minimum atomic E-state index is -0.284. The van der Waals surface area contributed by atoms with E-state index in [4.69, 9.17) is 9.47 Å². The first kappa shape index (κ1) is 16.2. The molecule has 1 aliphatic rings. The van der Waals surface area contributed by atoms with E-state index >= 15 is 0 Å². The molecule has 5 nitrogen and oxygen atoms in total. The minimum Gasteiger partial charge on any atom is -0.492 e. The second-order valence-corrected chi connectivity index (χ2v) is 5.92. The van der Waals surface area contributed by atoms with Crippen molar-refractivity contribution < 1.29 is 13.9 Å². The maximum Gasteiger partial charge on any atom is 0.127 e. The monoisotopic (exact) mass is 351 g/mol. The molecule has 0 fully saturated rings. The molecule has 1 aromatic heterocycles. The molecule has 0 aliphatic carbocycles. The topological polar surface area (TPSA) is 50.4 Å². The van der Waals surface area contributed by atoms with Crippen molar-refractivity contribution in [1.29, 1.82) is 0 Å². The third-order valence-corrected chi connectivity index (χ3v) is 4.08. The van der Waals surface area contributed by atoms with Crippen molar-refractivity contribution in [3.05, 3.63) is 78.3 Å². The summed E-state index contributed by atoms with van der Waals surface area (Å²) in [5, 5.41) is 0. The van der Waals surface area contributed by atoms with Crippen LogP contribution in [-0.4, -0.2) is 28.0 Å². The van der Waals surface area contributed by atoms with Gasteiger partial charge in [0.1, 0.15) is 29.7 Å². The summed E-state index contributed by atoms with van der Waals surface area (Å²) in [4.78, 5) is 9.56. The van der Waals surface area contributed by atoms with Crippen molar-refractivity contribution in [3.8, 4) is 17.2 Å². The molecule has 2 heterocycles.